The number of benzene rings is 2. The first kappa shape index (κ1) is 11.5. The van der Waals surface area contributed by atoms with E-state index in [2.05, 4.69) is 0 Å². The second-order valence-electron chi connectivity index (χ2n) is 3.68. The van der Waals surface area contributed by atoms with Crippen molar-refractivity contribution in [1.29, 1.82) is 0 Å². The molecule has 0 radical (unpaired) electrons. The molecule has 2 rings (SSSR count). The normalized spacial score (nSPS) is 10.2. The van der Waals surface area contributed by atoms with Gasteiger partial charge in [0.15, 0.2) is 0 Å². The molecule has 2 nitrogen and oxygen atoms in total. The molecule has 0 heterocycles. The monoisotopic (exact) mass is 232 g/mol. The molecule has 2 aromatic rings. The van der Waals surface area contributed by atoms with E-state index in [1.165, 1.54) is 12.1 Å². The number of rotatable bonds is 4. The second kappa shape index (κ2) is 5.34. The molecule has 0 aliphatic rings. The second-order valence-corrected chi connectivity index (χ2v) is 3.68. The minimum Gasteiger partial charge on any atom is -0.508 e. The fourth-order valence-electron chi connectivity index (χ4n) is 1.56. The number of phenolic OH excluding ortho intramolecular Hbond substituents is 1. The number of ether oxygens (including phenoxy) is 1. The van der Waals surface area contributed by atoms with Crippen LogP contribution in [0.3, 0.4) is 0 Å². The Balaban J connectivity index is 1.90. The molecule has 3 heteroatoms. The van der Waals surface area contributed by atoms with Crippen molar-refractivity contribution in [2.45, 2.75) is 6.42 Å². The summed E-state index contributed by atoms with van der Waals surface area (Å²) < 4.78 is 18.3. The molecule has 0 amide bonds. The van der Waals surface area contributed by atoms with Gasteiger partial charge in [0.05, 0.1) is 6.61 Å². The number of para-hydroxylation sites is 1. The van der Waals surface area contributed by atoms with Gasteiger partial charge >= 0.3 is 0 Å². The van der Waals surface area contributed by atoms with Crippen LogP contribution in [0, 0.1) is 5.82 Å². The zero-order valence-electron chi connectivity index (χ0n) is 9.27. The van der Waals surface area contributed by atoms with Gasteiger partial charge in [-0.2, -0.15) is 0 Å². The number of hydrogen-bond acceptors (Lipinski definition) is 2. The van der Waals surface area contributed by atoms with Gasteiger partial charge in [-0.15, -0.1) is 0 Å². The maximum absolute atomic E-state index is 12.9. The Morgan fingerprint density at radius 3 is 2.65 bits per heavy atom. The zero-order chi connectivity index (χ0) is 12.1. The first-order chi connectivity index (χ1) is 8.25. The van der Waals surface area contributed by atoms with Crippen molar-refractivity contribution in [3.63, 3.8) is 0 Å². The van der Waals surface area contributed by atoms with Crippen LogP contribution < -0.4 is 4.74 Å². The van der Waals surface area contributed by atoms with E-state index in [0.29, 0.717) is 18.8 Å². The molecule has 1 N–H and O–H groups in total. The van der Waals surface area contributed by atoms with Gasteiger partial charge in [0, 0.05) is 12.5 Å². The van der Waals surface area contributed by atoms with E-state index in [-0.39, 0.29) is 11.6 Å². The van der Waals surface area contributed by atoms with Crippen LogP contribution in [0.15, 0.2) is 48.5 Å². The minimum absolute atomic E-state index is 0.260. The Labute approximate surface area is 99.3 Å². The number of hydrogen-bond donors (Lipinski definition) is 1. The van der Waals surface area contributed by atoms with E-state index >= 15 is 0 Å². The summed E-state index contributed by atoms with van der Waals surface area (Å²) >= 11 is 0. The molecule has 0 bridgehead atoms. The summed E-state index contributed by atoms with van der Waals surface area (Å²) in [7, 11) is 0. The third kappa shape index (κ3) is 3.21. The van der Waals surface area contributed by atoms with Crippen molar-refractivity contribution < 1.29 is 14.2 Å². The predicted octanol–water partition coefficient (Wildman–Crippen LogP) is 3.15. The van der Waals surface area contributed by atoms with Crippen molar-refractivity contribution >= 4 is 0 Å². The van der Waals surface area contributed by atoms with Gasteiger partial charge in [0.1, 0.15) is 17.3 Å². The summed E-state index contributed by atoms with van der Waals surface area (Å²) in [4.78, 5) is 0. The third-order valence-corrected chi connectivity index (χ3v) is 2.43. The van der Waals surface area contributed by atoms with E-state index < -0.39 is 0 Å². The Morgan fingerprint density at radius 1 is 1.06 bits per heavy atom. The SMILES string of the molecule is Oc1ccccc1CCOc1cccc(F)c1. The largest absolute Gasteiger partial charge is 0.508 e. The lowest BCUT2D eigenvalue weighted by molar-refractivity contribution is 0.318. The number of halogens is 1. The Morgan fingerprint density at radius 2 is 1.88 bits per heavy atom. The van der Waals surface area contributed by atoms with Gasteiger partial charge in [-0.05, 0) is 23.8 Å². The first-order valence-corrected chi connectivity index (χ1v) is 5.41. The standard InChI is InChI=1S/C14H13FO2/c15-12-5-3-6-13(10-12)17-9-8-11-4-1-2-7-14(11)16/h1-7,10,16H,8-9H2. The number of phenols is 1. The maximum atomic E-state index is 12.9. The quantitative estimate of drug-likeness (QED) is 0.877. The van der Waals surface area contributed by atoms with Crippen LogP contribution in [0.5, 0.6) is 11.5 Å². The molecular weight excluding hydrogens is 219 g/mol. The van der Waals surface area contributed by atoms with E-state index in [9.17, 15) is 9.50 Å². The van der Waals surface area contributed by atoms with E-state index in [0.717, 1.165) is 5.56 Å². The third-order valence-electron chi connectivity index (χ3n) is 2.43. The molecule has 0 spiro atoms. The van der Waals surface area contributed by atoms with Crippen molar-refractivity contribution in [3.8, 4) is 11.5 Å². The Kier molecular flexibility index (Phi) is 3.60. The number of aromatic hydroxyl groups is 1. The lowest BCUT2D eigenvalue weighted by Gasteiger charge is -2.07. The highest BCUT2D eigenvalue weighted by Gasteiger charge is 2.00. The molecule has 0 aromatic heterocycles. The van der Waals surface area contributed by atoms with E-state index in [4.69, 9.17) is 4.74 Å². The topological polar surface area (TPSA) is 29.5 Å². The summed E-state index contributed by atoms with van der Waals surface area (Å²) in [6.07, 6.45) is 0.586. The summed E-state index contributed by atoms with van der Waals surface area (Å²) in [5.74, 6) is 0.445. The fourth-order valence-corrected chi connectivity index (χ4v) is 1.56. The Hall–Kier alpha value is -2.03. The predicted molar refractivity (Wildman–Crippen MR) is 63.7 cm³/mol. The van der Waals surface area contributed by atoms with Gasteiger partial charge in [-0.3, -0.25) is 0 Å². The summed E-state index contributed by atoms with van der Waals surface area (Å²) in [6.45, 7) is 0.404. The zero-order valence-corrected chi connectivity index (χ0v) is 9.27. The van der Waals surface area contributed by atoms with Crippen molar-refractivity contribution in [3.05, 3.63) is 59.9 Å². The fraction of sp³-hybridized carbons (Fsp3) is 0.143. The summed E-state index contributed by atoms with van der Waals surface area (Å²) in [5, 5.41) is 9.54. The van der Waals surface area contributed by atoms with Crippen LogP contribution in [-0.2, 0) is 6.42 Å². The molecule has 2 aromatic carbocycles. The molecule has 0 saturated carbocycles. The van der Waals surface area contributed by atoms with Gasteiger partial charge in [0.25, 0.3) is 0 Å². The van der Waals surface area contributed by atoms with Crippen LogP contribution in [0.1, 0.15) is 5.56 Å². The average molecular weight is 232 g/mol. The molecule has 0 unspecified atom stereocenters. The van der Waals surface area contributed by atoms with Crippen LogP contribution >= 0.6 is 0 Å². The average Bonchev–Trinajstić information content (AvgIpc) is 2.32. The van der Waals surface area contributed by atoms with Gasteiger partial charge in [0.2, 0.25) is 0 Å². The summed E-state index contributed by atoms with van der Waals surface area (Å²) in [5.41, 5.74) is 0.823. The Bertz CT molecular complexity index is 497. The van der Waals surface area contributed by atoms with E-state index in [1.807, 2.05) is 12.1 Å². The molecule has 0 atom stereocenters. The molecule has 17 heavy (non-hydrogen) atoms. The van der Waals surface area contributed by atoms with Crippen LogP contribution in [0.25, 0.3) is 0 Å². The first-order valence-electron chi connectivity index (χ1n) is 5.41. The van der Waals surface area contributed by atoms with Gasteiger partial charge in [-0.1, -0.05) is 24.3 Å². The molecule has 88 valence electrons. The van der Waals surface area contributed by atoms with Crippen LogP contribution in [-0.4, -0.2) is 11.7 Å². The van der Waals surface area contributed by atoms with Crippen molar-refractivity contribution in [2.24, 2.45) is 0 Å². The molecule has 0 aliphatic heterocycles. The maximum Gasteiger partial charge on any atom is 0.126 e. The lowest BCUT2D eigenvalue weighted by atomic mass is 10.1. The smallest absolute Gasteiger partial charge is 0.126 e. The van der Waals surface area contributed by atoms with Crippen LogP contribution in [0.4, 0.5) is 4.39 Å². The van der Waals surface area contributed by atoms with Gasteiger partial charge < -0.3 is 9.84 Å². The summed E-state index contributed by atoms with van der Waals surface area (Å²) in [6, 6.07) is 13.1. The molecular formula is C14H13FO2. The minimum atomic E-state index is -0.315. The highest BCUT2D eigenvalue weighted by molar-refractivity contribution is 5.32. The van der Waals surface area contributed by atoms with E-state index in [1.54, 1.807) is 24.3 Å². The molecule has 0 saturated heterocycles. The lowest BCUT2D eigenvalue weighted by Crippen LogP contribution is -2.01. The molecule has 0 fully saturated rings. The highest BCUT2D eigenvalue weighted by Crippen LogP contribution is 2.17. The van der Waals surface area contributed by atoms with Crippen molar-refractivity contribution in [2.75, 3.05) is 6.61 Å². The van der Waals surface area contributed by atoms with Crippen molar-refractivity contribution in [1.82, 2.24) is 0 Å². The van der Waals surface area contributed by atoms with Gasteiger partial charge in [-0.25, -0.2) is 4.39 Å². The highest BCUT2D eigenvalue weighted by atomic mass is 19.1. The van der Waals surface area contributed by atoms with Crippen LogP contribution in [0.2, 0.25) is 0 Å². The molecule has 0 aliphatic carbocycles.